The number of aliphatic carboxylic acids is 1. The molecule has 1 aromatic rings. The van der Waals surface area contributed by atoms with Crippen molar-refractivity contribution in [2.75, 3.05) is 6.54 Å². The number of rotatable bonds is 5. The highest BCUT2D eigenvalue weighted by atomic mass is 32.2. The molecule has 20 heavy (non-hydrogen) atoms. The number of benzene rings is 1. The van der Waals surface area contributed by atoms with Crippen molar-refractivity contribution in [2.45, 2.75) is 17.4 Å². The lowest BCUT2D eigenvalue weighted by Gasteiger charge is -2.18. The number of halogens is 1. The minimum absolute atomic E-state index is 0.624. The van der Waals surface area contributed by atoms with E-state index in [9.17, 15) is 22.7 Å². The van der Waals surface area contributed by atoms with Gasteiger partial charge in [-0.3, -0.25) is 0 Å². The normalized spacial score (nSPS) is 14.3. The Morgan fingerprint density at radius 2 is 2.15 bits per heavy atom. The maximum Gasteiger partial charge on any atom is 0.336 e. The molecule has 0 aliphatic heterocycles. The number of carboxylic acid groups (broad SMARTS) is 1. The lowest BCUT2D eigenvalue weighted by atomic mass is 10.1. The fourth-order valence-electron chi connectivity index (χ4n) is 1.23. The van der Waals surface area contributed by atoms with Gasteiger partial charge in [-0.05, 0) is 19.1 Å². The molecule has 0 radical (unpaired) electrons. The molecule has 0 bridgehead atoms. The predicted octanol–water partition coefficient (Wildman–Crippen LogP) is -0.189. The maximum absolute atomic E-state index is 13.3. The second kappa shape index (κ2) is 5.54. The van der Waals surface area contributed by atoms with E-state index in [1.54, 1.807) is 0 Å². The van der Waals surface area contributed by atoms with Crippen LogP contribution in [0.3, 0.4) is 0 Å². The van der Waals surface area contributed by atoms with Gasteiger partial charge < -0.3 is 10.2 Å². The fourth-order valence-corrected chi connectivity index (χ4v) is 2.52. The van der Waals surface area contributed by atoms with E-state index in [4.69, 9.17) is 10.4 Å². The Bertz CT molecular complexity index is 679. The van der Waals surface area contributed by atoms with Crippen molar-refractivity contribution in [3.63, 3.8) is 0 Å². The third kappa shape index (κ3) is 3.30. The molecule has 0 aliphatic rings. The summed E-state index contributed by atoms with van der Waals surface area (Å²) in [4.78, 5) is 10.0. The van der Waals surface area contributed by atoms with Gasteiger partial charge in [-0.15, -0.1) is 0 Å². The molecule has 0 heterocycles. The zero-order valence-electron chi connectivity index (χ0n) is 10.3. The average Bonchev–Trinajstić information content (AvgIpc) is 2.36. The Morgan fingerprint density at radius 3 is 2.65 bits per heavy atom. The van der Waals surface area contributed by atoms with Gasteiger partial charge in [-0.2, -0.15) is 5.26 Å². The van der Waals surface area contributed by atoms with Gasteiger partial charge in [0, 0.05) is 0 Å². The van der Waals surface area contributed by atoms with Crippen molar-refractivity contribution < 1.29 is 27.8 Å². The third-order valence-electron chi connectivity index (χ3n) is 2.44. The zero-order chi connectivity index (χ0) is 15.6. The van der Waals surface area contributed by atoms with E-state index in [0.717, 1.165) is 25.1 Å². The van der Waals surface area contributed by atoms with Gasteiger partial charge in [0.2, 0.25) is 10.0 Å². The van der Waals surface area contributed by atoms with Crippen LogP contribution in [0.2, 0.25) is 0 Å². The standard InChI is InChI=1S/C11H11FN2O5S/c1-11(17,10(15)16)6-14-20(18,19)9-4-2-3-8(12)7(9)5-13/h2-4,14,17H,6H2,1H3,(H,15,16). The molecule has 1 rings (SSSR count). The van der Waals surface area contributed by atoms with Crippen molar-refractivity contribution in [3.05, 3.63) is 29.6 Å². The molecule has 0 amide bonds. The molecular formula is C11H11FN2O5S. The van der Waals surface area contributed by atoms with E-state index < -0.39 is 44.4 Å². The van der Waals surface area contributed by atoms with Gasteiger partial charge >= 0.3 is 5.97 Å². The first-order valence-corrected chi connectivity index (χ1v) is 6.74. The van der Waals surface area contributed by atoms with Crippen molar-refractivity contribution >= 4 is 16.0 Å². The van der Waals surface area contributed by atoms with Crippen molar-refractivity contribution in [2.24, 2.45) is 0 Å². The Morgan fingerprint density at radius 1 is 1.55 bits per heavy atom. The fraction of sp³-hybridized carbons (Fsp3) is 0.273. The minimum Gasteiger partial charge on any atom is -0.479 e. The summed E-state index contributed by atoms with van der Waals surface area (Å²) in [5.41, 5.74) is -3.01. The summed E-state index contributed by atoms with van der Waals surface area (Å²) < 4.78 is 38.9. The summed E-state index contributed by atoms with van der Waals surface area (Å²) in [7, 11) is -4.33. The van der Waals surface area contributed by atoms with Crippen LogP contribution in [-0.2, 0) is 14.8 Å². The number of hydrogen-bond donors (Lipinski definition) is 3. The molecule has 0 aromatic heterocycles. The van der Waals surface area contributed by atoms with Gasteiger partial charge in [0.05, 0.1) is 6.54 Å². The van der Waals surface area contributed by atoms with E-state index in [2.05, 4.69) is 0 Å². The minimum atomic E-state index is -4.33. The molecule has 0 spiro atoms. The highest BCUT2D eigenvalue weighted by Gasteiger charge is 2.32. The Balaban J connectivity index is 3.12. The van der Waals surface area contributed by atoms with Crippen LogP contribution >= 0.6 is 0 Å². The largest absolute Gasteiger partial charge is 0.479 e. The van der Waals surface area contributed by atoms with Crippen LogP contribution < -0.4 is 4.72 Å². The van der Waals surface area contributed by atoms with Gasteiger partial charge in [-0.1, -0.05) is 6.07 Å². The summed E-state index contributed by atoms with van der Waals surface area (Å²) >= 11 is 0. The first-order chi connectivity index (χ1) is 9.12. The maximum atomic E-state index is 13.3. The molecule has 0 aliphatic carbocycles. The number of carboxylic acids is 1. The Hall–Kier alpha value is -2.02. The summed E-state index contributed by atoms with van der Waals surface area (Å²) in [5.74, 6) is -2.64. The first kappa shape index (κ1) is 16.0. The molecular weight excluding hydrogens is 291 g/mol. The summed E-state index contributed by atoms with van der Waals surface area (Å²) in [6.45, 7) is 0.0701. The average molecular weight is 302 g/mol. The highest BCUT2D eigenvalue weighted by molar-refractivity contribution is 7.89. The number of sulfonamides is 1. The Kier molecular flexibility index (Phi) is 4.44. The van der Waals surface area contributed by atoms with Crippen LogP contribution in [0.4, 0.5) is 4.39 Å². The second-order valence-electron chi connectivity index (χ2n) is 4.13. The molecule has 0 saturated carbocycles. The summed E-state index contributed by atoms with van der Waals surface area (Å²) in [5, 5.41) is 26.8. The van der Waals surface area contributed by atoms with Crippen LogP contribution in [0.5, 0.6) is 0 Å². The lowest BCUT2D eigenvalue weighted by Crippen LogP contribution is -2.46. The molecule has 7 nitrogen and oxygen atoms in total. The van der Waals surface area contributed by atoms with E-state index in [1.165, 1.54) is 6.07 Å². The highest BCUT2D eigenvalue weighted by Crippen LogP contribution is 2.18. The van der Waals surface area contributed by atoms with Crippen molar-refractivity contribution in [1.82, 2.24) is 4.72 Å². The summed E-state index contributed by atoms with van der Waals surface area (Å²) in [6, 6.07) is 4.44. The van der Waals surface area contributed by atoms with Crippen molar-refractivity contribution in [3.8, 4) is 6.07 Å². The SMILES string of the molecule is CC(O)(CNS(=O)(=O)c1cccc(F)c1C#N)C(=O)O. The molecule has 0 saturated heterocycles. The van der Waals surface area contributed by atoms with E-state index in [1.807, 2.05) is 4.72 Å². The first-order valence-electron chi connectivity index (χ1n) is 5.26. The summed E-state index contributed by atoms with van der Waals surface area (Å²) in [6.07, 6.45) is 0. The van der Waals surface area contributed by atoms with Gasteiger partial charge in [0.15, 0.2) is 5.60 Å². The van der Waals surface area contributed by atoms with Gasteiger partial charge in [0.1, 0.15) is 22.3 Å². The topological polar surface area (TPSA) is 127 Å². The molecule has 1 aromatic carbocycles. The van der Waals surface area contributed by atoms with Crippen LogP contribution in [0, 0.1) is 17.1 Å². The molecule has 108 valence electrons. The smallest absolute Gasteiger partial charge is 0.336 e. The molecule has 1 unspecified atom stereocenters. The molecule has 1 atom stereocenters. The molecule has 0 fully saturated rings. The number of carbonyl (C=O) groups is 1. The number of hydrogen-bond acceptors (Lipinski definition) is 5. The predicted molar refractivity (Wildman–Crippen MR) is 64.6 cm³/mol. The zero-order valence-corrected chi connectivity index (χ0v) is 11.1. The van der Waals surface area contributed by atoms with E-state index in [-0.39, 0.29) is 0 Å². The Labute approximate surface area is 114 Å². The number of nitriles is 1. The third-order valence-corrected chi connectivity index (χ3v) is 3.89. The van der Waals surface area contributed by atoms with Crippen LogP contribution in [0.25, 0.3) is 0 Å². The van der Waals surface area contributed by atoms with Crippen LogP contribution in [0.1, 0.15) is 12.5 Å². The van der Waals surface area contributed by atoms with Crippen molar-refractivity contribution in [1.29, 1.82) is 5.26 Å². The number of aliphatic hydroxyl groups is 1. The van der Waals surface area contributed by atoms with Crippen LogP contribution in [0.15, 0.2) is 23.1 Å². The van der Waals surface area contributed by atoms with Gasteiger partial charge in [0.25, 0.3) is 0 Å². The second-order valence-corrected chi connectivity index (χ2v) is 5.86. The number of nitrogens with one attached hydrogen (secondary N) is 1. The quantitative estimate of drug-likeness (QED) is 0.692. The van der Waals surface area contributed by atoms with E-state index >= 15 is 0 Å². The van der Waals surface area contributed by atoms with E-state index in [0.29, 0.717) is 0 Å². The lowest BCUT2D eigenvalue weighted by molar-refractivity contribution is -0.155. The molecule has 3 N–H and O–H groups in total. The monoisotopic (exact) mass is 302 g/mol. The van der Waals surface area contributed by atoms with Gasteiger partial charge in [-0.25, -0.2) is 22.3 Å². The number of nitrogens with zero attached hydrogens (tertiary/aromatic N) is 1. The van der Waals surface area contributed by atoms with Crippen LogP contribution in [-0.4, -0.2) is 36.7 Å². The molecule has 9 heteroatoms.